The monoisotopic (exact) mass is 800 g/mol. The molecule has 12 N–H and O–H groups in total. The quantitative estimate of drug-likeness (QED) is 0.0510. The van der Waals surface area contributed by atoms with Crippen LogP contribution in [-0.4, -0.2) is 186 Å². The molecule has 2 aromatic rings. The molecule has 312 valence electrons. The first-order valence-corrected chi connectivity index (χ1v) is 17.7. The summed E-state index contributed by atoms with van der Waals surface area (Å²) in [5.74, 6) is -2.63. The molecule has 3 heterocycles. The van der Waals surface area contributed by atoms with Crippen molar-refractivity contribution in [3.8, 4) is 23.0 Å². The zero-order chi connectivity index (χ0) is 40.8. The van der Waals surface area contributed by atoms with E-state index in [1.54, 1.807) is 0 Å². The van der Waals surface area contributed by atoms with Gasteiger partial charge in [-0.2, -0.15) is 0 Å². The first-order chi connectivity index (χ1) is 26.6. The molecule has 0 aromatic heterocycles. The number of hydrogen-bond acceptors (Lipinski definition) is 20. The summed E-state index contributed by atoms with van der Waals surface area (Å²) in [5, 5.41) is 123. The Labute approximate surface area is 319 Å². The van der Waals surface area contributed by atoms with E-state index in [1.807, 2.05) is 0 Å². The Morgan fingerprint density at radius 2 is 1.25 bits per heavy atom. The summed E-state index contributed by atoms with van der Waals surface area (Å²) in [5.41, 5.74) is 0.806. The summed E-state index contributed by atoms with van der Waals surface area (Å²) in [6.45, 7) is -0.651. The Bertz CT molecular complexity index is 1620. The van der Waals surface area contributed by atoms with Gasteiger partial charge in [-0.15, -0.1) is 0 Å². The second-order valence-electron chi connectivity index (χ2n) is 13.6. The standard InChI is InChI=1S/C36H48O20/c1-15-26(43)29(46)28(45)23(53-15)13-51-34-32(49)36(50-9-8-17-3-6-19(39)21(41)11-17)55-24(14-52-35-31(48)30(47)27(44)22(12-37)54-35)33(34)56-25(42)7-4-16-2-5-18(38)20(40)10-16/h2-7,10-11,15,22-24,26-41,43-49H,8-9,12-14H2,1H3. The lowest BCUT2D eigenvalue weighted by Gasteiger charge is -2.45. The molecule has 0 radical (unpaired) electrons. The van der Waals surface area contributed by atoms with E-state index in [-0.39, 0.29) is 30.1 Å². The molecule has 56 heavy (non-hydrogen) atoms. The Morgan fingerprint density at radius 1 is 0.643 bits per heavy atom. The highest BCUT2D eigenvalue weighted by atomic mass is 16.7. The Balaban J connectivity index is 1.41. The highest BCUT2D eigenvalue weighted by molar-refractivity contribution is 5.87. The lowest BCUT2D eigenvalue weighted by Crippen LogP contribution is -2.64. The topological polar surface area (TPSA) is 324 Å². The van der Waals surface area contributed by atoms with Crippen LogP contribution < -0.4 is 0 Å². The number of carbonyl (C=O) groups is 1. The first-order valence-electron chi connectivity index (χ1n) is 17.7. The molecule has 0 saturated carbocycles. The maximum atomic E-state index is 13.3. The van der Waals surface area contributed by atoms with Gasteiger partial charge in [-0.1, -0.05) is 12.1 Å². The second kappa shape index (κ2) is 19.2. The van der Waals surface area contributed by atoms with Crippen molar-refractivity contribution in [3.05, 3.63) is 53.6 Å². The molecule has 0 bridgehead atoms. The van der Waals surface area contributed by atoms with Gasteiger partial charge in [0.2, 0.25) is 0 Å². The highest BCUT2D eigenvalue weighted by Crippen LogP contribution is 2.32. The molecule has 15 atom stereocenters. The van der Waals surface area contributed by atoms with E-state index in [4.69, 9.17) is 33.2 Å². The van der Waals surface area contributed by atoms with Gasteiger partial charge in [0.15, 0.2) is 41.7 Å². The van der Waals surface area contributed by atoms with Crippen molar-refractivity contribution in [3.63, 3.8) is 0 Å². The van der Waals surface area contributed by atoms with Crippen LogP contribution in [0.4, 0.5) is 0 Å². The van der Waals surface area contributed by atoms with E-state index in [2.05, 4.69) is 0 Å². The van der Waals surface area contributed by atoms with E-state index in [1.165, 1.54) is 49.4 Å². The number of rotatable bonds is 14. The molecular formula is C36H48O20. The number of ether oxygens (including phenoxy) is 7. The van der Waals surface area contributed by atoms with Crippen LogP contribution >= 0.6 is 0 Å². The van der Waals surface area contributed by atoms with Crippen molar-refractivity contribution >= 4 is 12.0 Å². The maximum absolute atomic E-state index is 13.3. The van der Waals surface area contributed by atoms with Gasteiger partial charge in [-0.25, -0.2) is 4.79 Å². The van der Waals surface area contributed by atoms with Crippen LogP contribution in [0.1, 0.15) is 18.1 Å². The van der Waals surface area contributed by atoms with Crippen LogP contribution in [0.15, 0.2) is 42.5 Å². The molecule has 3 fully saturated rings. The van der Waals surface area contributed by atoms with Crippen molar-refractivity contribution in [1.29, 1.82) is 0 Å². The molecule has 3 aliphatic heterocycles. The fourth-order valence-electron chi connectivity index (χ4n) is 6.37. The van der Waals surface area contributed by atoms with Crippen LogP contribution in [0.25, 0.3) is 6.08 Å². The van der Waals surface area contributed by atoms with Crippen LogP contribution in [0.5, 0.6) is 23.0 Å². The minimum absolute atomic E-state index is 0.133. The normalized spacial score (nSPS) is 36.4. The molecule has 3 aliphatic rings. The fraction of sp³-hybridized carbons (Fsp3) is 0.583. The van der Waals surface area contributed by atoms with Crippen LogP contribution in [0.2, 0.25) is 0 Å². The largest absolute Gasteiger partial charge is 0.504 e. The zero-order valence-corrected chi connectivity index (χ0v) is 29.9. The minimum atomic E-state index is -1.83. The van der Waals surface area contributed by atoms with Gasteiger partial charge in [0.05, 0.1) is 32.5 Å². The average Bonchev–Trinajstić information content (AvgIpc) is 3.17. The smallest absolute Gasteiger partial charge is 0.331 e. The molecule has 2 aromatic carbocycles. The number of aliphatic hydroxyl groups is 8. The number of esters is 1. The van der Waals surface area contributed by atoms with Crippen molar-refractivity contribution in [2.75, 3.05) is 26.4 Å². The molecule has 20 heteroatoms. The van der Waals surface area contributed by atoms with E-state index in [0.717, 1.165) is 6.08 Å². The number of carbonyl (C=O) groups excluding carboxylic acids is 1. The van der Waals surface area contributed by atoms with Crippen LogP contribution in [-0.2, 0) is 44.4 Å². The minimum Gasteiger partial charge on any atom is -0.504 e. The predicted octanol–water partition coefficient (Wildman–Crippen LogP) is -3.15. The zero-order valence-electron chi connectivity index (χ0n) is 29.9. The molecule has 15 unspecified atom stereocenters. The predicted molar refractivity (Wildman–Crippen MR) is 185 cm³/mol. The van der Waals surface area contributed by atoms with E-state index >= 15 is 0 Å². The number of aliphatic hydroxyl groups excluding tert-OH is 8. The third-order valence-electron chi connectivity index (χ3n) is 9.67. The fourth-order valence-corrected chi connectivity index (χ4v) is 6.37. The van der Waals surface area contributed by atoms with Gasteiger partial charge in [0.1, 0.15) is 67.1 Å². The number of benzene rings is 2. The molecular weight excluding hydrogens is 752 g/mol. The van der Waals surface area contributed by atoms with Crippen molar-refractivity contribution in [1.82, 2.24) is 0 Å². The number of phenolic OH excluding ortho intramolecular Hbond substituents is 4. The van der Waals surface area contributed by atoms with Gasteiger partial charge in [-0.3, -0.25) is 0 Å². The average molecular weight is 801 g/mol. The van der Waals surface area contributed by atoms with Crippen molar-refractivity contribution < 1.29 is 99.2 Å². The second-order valence-corrected chi connectivity index (χ2v) is 13.6. The lowest BCUT2D eigenvalue weighted by atomic mass is 9.95. The van der Waals surface area contributed by atoms with Gasteiger partial charge in [0.25, 0.3) is 0 Å². The van der Waals surface area contributed by atoms with Crippen LogP contribution in [0, 0.1) is 0 Å². The SMILES string of the molecule is CC1OC(COC2C(O)C(OCCc3ccc(O)c(O)c3)OC(COC3OC(CO)C(O)C(O)C3O)C2OC(=O)C=Cc2ccc(O)c(O)c2)C(O)C(O)C1O. The Kier molecular flexibility index (Phi) is 14.9. The van der Waals surface area contributed by atoms with E-state index in [9.17, 15) is 66.1 Å². The summed E-state index contributed by atoms with van der Waals surface area (Å²) in [6.07, 6.45) is -20.9. The number of phenols is 4. The van der Waals surface area contributed by atoms with Crippen LogP contribution in [0.3, 0.4) is 0 Å². The van der Waals surface area contributed by atoms with Crippen molar-refractivity contribution in [2.24, 2.45) is 0 Å². The lowest BCUT2D eigenvalue weighted by molar-refractivity contribution is -0.336. The molecule has 0 amide bonds. The molecule has 0 aliphatic carbocycles. The number of hydrogen-bond donors (Lipinski definition) is 12. The van der Waals surface area contributed by atoms with E-state index < -0.39 is 129 Å². The van der Waals surface area contributed by atoms with Gasteiger partial charge < -0.3 is 94.4 Å². The molecule has 5 rings (SSSR count). The third kappa shape index (κ3) is 10.2. The Morgan fingerprint density at radius 3 is 1.93 bits per heavy atom. The number of aromatic hydroxyl groups is 4. The van der Waals surface area contributed by atoms with Gasteiger partial charge >= 0.3 is 5.97 Å². The Hall–Kier alpha value is -3.71. The van der Waals surface area contributed by atoms with E-state index in [0.29, 0.717) is 5.56 Å². The summed E-state index contributed by atoms with van der Waals surface area (Å²) in [7, 11) is 0. The summed E-state index contributed by atoms with van der Waals surface area (Å²) in [6, 6.07) is 7.82. The first kappa shape index (κ1) is 43.4. The molecule has 0 spiro atoms. The van der Waals surface area contributed by atoms with Gasteiger partial charge in [0, 0.05) is 6.08 Å². The summed E-state index contributed by atoms with van der Waals surface area (Å²) in [4.78, 5) is 13.3. The van der Waals surface area contributed by atoms with Crippen molar-refractivity contribution in [2.45, 2.75) is 105 Å². The van der Waals surface area contributed by atoms with Gasteiger partial charge in [-0.05, 0) is 54.8 Å². The summed E-state index contributed by atoms with van der Waals surface area (Å²) < 4.78 is 40.4. The third-order valence-corrected chi connectivity index (χ3v) is 9.67. The molecule has 20 nitrogen and oxygen atoms in total. The summed E-state index contributed by atoms with van der Waals surface area (Å²) >= 11 is 0. The highest BCUT2D eigenvalue weighted by Gasteiger charge is 2.51. The maximum Gasteiger partial charge on any atom is 0.331 e. The molecule has 3 saturated heterocycles.